The number of nitrogens with zero attached hydrogens (tertiary/aromatic N) is 1. The Labute approximate surface area is 164 Å². The third kappa shape index (κ3) is 6.46. The van der Waals surface area contributed by atoms with Crippen LogP contribution in [-0.4, -0.2) is 68.4 Å². The van der Waals surface area contributed by atoms with Crippen molar-refractivity contribution in [2.24, 2.45) is 5.92 Å². The van der Waals surface area contributed by atoms with Gasteiger partial charge in [-0.3, -0.25) is 4.79 Å². The molecule has 3 atom stereocenters. The van der Waals surface area contributed by atoms with Gasteiger partial charge in [-0.2, -0.15) is 0 Å². The van der Waals surface area contributed by atoms with E-state index < -0.39 is 38.0 Å². The monoisotopic (exact) mass is 403 g/mol. The molecule has 1 unspecified atom stereocenters. The minimum Gasteiger partial charge on any atom is -0.469 e. The van der Waals surface area contributed by atoms with Crippen molar-refractivity contribution in [2.45, 2.75) is 83.8 Å². The molecule has 1 saturated heterocycles. The van der Waals surface area contributed by atoms with Crippen LogP contribution in [0.1, 0.15) is 48.0 Å². The molecule has 1 rings (SSSR count). The number of piperidine rings is 1. The van der Waals surface area contributed by atoms with Gasteiger partial charge in [-0.25, -0.2) is 4.79 Å². The van der Waals surface area contributed by atoms with E-state index in [9.17, 15) is 14.7 Å². The Kier molecular flexibility index (Phi) is 7.52. The minimum absolute atomic E-state index is 0.0141. The second-order valence-electron chi connectivity index (χ2n) is 9.79. The fraction of sp³-hybridized carbons (Fsp3) is 0.895. The number of rotatable bonds is 4. The fourth-order valence-electron chi connectivity index (χ4n) is 2.68. The first-order valence-corrected chi connectivity index (χ1v) is 12.4. The average molecular weight is 404 g/mol. The van der Waals surface area contributed by atoms with Gasteiger partial charge in [-0.05, 0) is 45.3 Å². The molecule has 1 fully saturated rings. The van der Waals surface area contributed by atoms with Gasteiger partial charge in [0, 0.05) is 0 Å². The summed E-state index contributed by atoms with van der Waals surface area (Å²) in [6.07, 6.45) is -1.22. The van der Waals surface area contributed by atoms with Crippen LogP contribution in [0.5, 0.6) is 0 Å². The molecule has 8 heteroatoms. The van der Waals surface area contributed by atoms with Gasteiger partial charge in [-0.15, -0.1) is 0 Å². The number of aliphatic hydroxyl groups is 1. The van der Waals surface area contributed by atoms with Crippen LogP contribution in [-0.2, 0) is 18.7 Å². The average Bonchev–Trinajstić information content (AvgIpc) is 2.49. The molecule has 1 aliphatic rings. The largest absolute Gasteiger partial charge is 0.469 e. The first-order chi connectivity index (χ1) is 12.1. The molecule has 0 aromatic heterocycles. The number of esters is 1. The lowest BCUT2D eigenvalue weighted by Gasteiger charge is -2.43. The zero-order chi connectivity index (χ0) is 21.2. The van der Waals surface area contributed by atoms with E-state index in [4.69, 9.17) is 13.9 Å². The van der Waals surface area contributed by atoms with Gasteiger partial charge in [0.15, 0.2) is 8.32 Å². The van der Waals surface area contributed by atoms with Crippen molar-refractivity contribution >= 4 is 20.4 Å². The molecule has 0 aliphatic carbocycles. The number of hydrogen-bond acceptors (Lipinski definition) is 6. The first kappa shape index (κ1) is 23.9. The van der Waals surface area contributed by atoms with Crippen molar-refractivity contribution in [3.63, 3.8) is 0 Å². The van der Waals surface area contributed by atoms with E-state index in [1.54, 1.807) is 20.8 Å². The van der Waals surface area contributed by atoms with Crippen LogP contribution in [0.25, 0.3) is 0 Å². The molecule has 0 aromatic carbocycles. The number of likely N-dealkylation sites (tertiary alicyclic amines) is 1. The van der Waals surface area contributed by atoms with Crippen LogP contribution in [0.2, 0.25) is 18.1 Å². The van der Waals surface area contributed by atoms with Gasteiger partial charge in [-0.1, -0.05) is 20.8 Å². The Balaban J connectivity index is 3.01. The summed E-state index contributed by atoms with van der Waals surface area (Å²) in [5, 5.41) is 10.4. The van der Waals surface area contributed by atoms with E-state index in [0.29, 0.717) is 6.61 Å². The molecular weight excluding hydrogens is 366 g/mol. The summed E-state index contributed by atoms with van der Waals surface area (Å²) in [7, 11) is -0.730. The molecule has 0 saturated carbocycles. The van der Waals surface area contributed by atoms with Gasteiger partial charge in [0.1, 0.15) is 5.60 Å². The lowest BCUT2D eigenvalue weighted by Crippen LogP contribution is -2.57. The standard InChI is InChI=1S/C19H37NO6Si/c1-18(2,3)26-17(23)20-11-15(21)14(16(22)24-7)10-13(20)12-25-27(8,9)19(4,5)6/h13-15,21H,10-12H2,1-9H3/t13-,14?,15-/m0/s1. The predicted molar refractivity (Wildman–Crippen MR) is 106 cm³/mol. The maximum atomic E-state index is 12.7. The van der Waals surface area contributed by atoms with Crippen LogP contribution < -0.4 is 0 Å². The van der Waals surface area contributed by atoms with Gasteiger partial charge in [0.25, 0.3) is 0 Å². The maximum absolute atomic E-state index is 12.7. The number of hydrogen-bond donors (Lipinski definition) is 1. The number of methoxy groups -OCH3 is 1. The summed E-state index contributed by atoms with van der Waals surface area (Å²) in [4.78, 5) is 26.2. The second-order valence-corrected chi connectivity index (χ2v) is 14.6. The minimum atomic E-state index is -2.03. The summed E-state index contributed by atoms with van der Waals surface area (Å²) < 4.78 is 16.6. The van der Waals surface area contributed by atoms with Crippen LogP contribution in [0.4, 0.5) is 4.79 Å². The van der Waals surface area contributed by atoms with E-state index >= 15 is 0 Å². The van der Waals surface area contributed by atoms with Crippen molar-refractivity contribution < 1.29 is 28.6 Å². The van der Waals surface area contributed by atoms with Crippen molar-refractivity contribution in [3.05, 3.63) is 0 Å². The van der Waals surface area contributed by atoms with Gasteiger partial charge in [0.05, 0.1) is 38.3 Å². The lowest BCUT2D eigenvalue weighted by atomic mass is 9.89. The number of carbonyl (C=O) groups excluding carboxylic acids is 2. The highest BCUT2D eigenvalue weighted by Gasteiger charge is 2.44. The molecule has 1 N–H and O–H groups in total. The molecule has 27 heavy (non-hydrogen) atoms. The van der Waals surface area contributed by atoms with Gasteiger partial charge >= 0.3 is 12.1 Å². The summed E-state index contributed by atoms with van der Waals surface area (Å²) in [6, 6.07) is -0.360. The number of carbonyl (C=O) groups is 2. The van der Waals surface area contributed by atoms with E-state index in [1.165, 1.54) is 12.0 Å². The second kappa shape index (κ2) is 8.49. The summed E-state index contributed by atoms with van der Waals surface area (Å²) >= 11 is 0. The van der Waals surface area contributed by atoms with Crippen molar-refractivity contribution in [2.75, 3.05) is 20.3 Å². The quantitative estimate of drug-likeness (QED) is 0.573. The maximum Gasteiger partial charge on any atom is 0.410 e. The van der Waals surface area contributed by atoms with Crippen LogP contribution in [0, 0.1) is 5.92 Å². The normalized spacial score (nSPS) is 24.5. The Morgan fingerprint density at radius 1 is 1.15 bits per heavy atom. The molecule has 0 aromatic rings. The van der Waals surface area contributed by atoms with Crippen molar-refractivity contribution in [1.82, 2.24) is 4.90 Å². The smallest absolute Gasteiger partial charge is 0.410 e. The third-order valence-corrected chi connectivity index (χ3v) is 9.89. The Morgan fingerprint density at radius 3 is 2.15 bits per heavy atom. The van der Waals surface area contributed by atoms with Crippen LogP contribution in [0.3, 0.4) is 0 Å². The molecule has 158 valence electrons. The molecule has 1 heterocycles. The zero-order valence-corrected chi connectivity index (χ0v) is 19.3. The van der Waals surface area contributed by atoms with E-state index in [1.807, 2.05) is 0 Å². The van der Waals surface area contributed by atoms with E-state index in [2.05, 4.69) is 33.9 Å². The Morgan fingerprint density at radius 2 is 1.70 bits per heavy atom. The number of ether oxygens (including phenoxy) is 2. The van der Waals surface area contributed by atoms with Gasteiger partial charge in [0.2, 0.25) is 0 Å². The van der Waals surface area contributed by atoms with Crippen molar-refractivity contribution in [3.8, 4) is 0 Å². The molecular formula is C19H37NO6Si. The molecule has 7 nitrogen and oxygen atoms in total. The topological polar surface area (TPSA) is 85.3 Å². The van der Waals surface area contributed by atoms with E-state index in [0.717, 1.165) is 0 Å². The molecule has 1 amide bonds. The molecule has 1 aliphatic heterocycles. The third-order valence-electron chi connectivity index (χ3n) is 5.39. The summed E-state index contributed by atoms with van der Waals surface area (Å²) in [6.45, 7) is 16.4. The molecule has 0 radical (unpaired) electrons. The Hall–Kier alpha value is -1.12. The highest BCUT2D eigenvalue weighted by Crippen LogP contribution is 2.37. The van der Waals surface area contributed by atoms with Crippen molar-refractivity contribution in [1.29, 1.82) is 0 Å². The summed E-state index contributed by atoms with van der Waals surface area (Å²) in [5.41, 5.74) is -0.647. The van der Waals surface area contributed by atoms with Crippen LogP contribution >= 0.6 is 0 Å². The number of β-amino-alcohol motifs (C(OH)–C–C–N with tert-alkyl or cyclic N) is 1. The SMILES string of the molecule is COC(=O)C1C[C@@H](CO[Si](C)(C)C(C)(C)C)N(C(=O)OC(C)(C)C)C[C@@H]1O. The molecule has 0 spiro atoms. The fourth-order valence-corrected chi connectivity index (χ4v) is 3.73. The highest BCUT2D eigenvalue weighted by atomic mass is 28.4. The number of amides is 1. The zero-order valence-electron chi connectivity index (χ0n) is 18.3. The predicted octanol–water partition coefficient (Wildman–Crippen LogP) is 3.17. The van der Waals surface area contributed by atoms with E-state index in [-0.39, 0.29) is 24.0 Å². The number of aliphatic hydroxyl groups excluding tert-OH is 1. The van der Waals surface area contributed by atoms with Gasteiger partial charge < -0.3 is 23.9 Å². The van der Waals surface area contributed by atoms with Crippen LogP contribution in [0.15, 0.2) is 0 Å². The Bertz CT molecular complexity index is 537. The molecule has 0 bridgehead atoms. The lowest BCUT2D eigenvalue weighted by molar-refractivity contribution is -0.154. The first-order valence-electron chi connectivity index (χ1n) is 9.48. The highest BCUT2D eigenvalue weighted by molar-refractivity contribution is 6.74. The summed E-state index contributed by atoms with van der Waals surface area (Å²) in [5.74, 6) is -1.15.